The van der Waals surface area contributed by atoms with Gasteiger partial charge in [0, 0.05) is 12.2 Å². The Balaban J connectivity index is 0.000000720. The van der Waals surface area contributed by atoms with E-state index in [9.17, 15) is 0 Å². The van der Waals surface area contributed by atoms with Crippen molar-refractivity contribution in [3.63, 3.8) is 0 Å². The second-order valence-electron chi connectivity index (χ2n) is 2.86. The Morgan fingerprint density at radius 2 is 1.85 bits per heavy atom. The summed E-state index contributed by atoms with van der Waals surface area (Å²) in [5, 5.41) is 0. The molecule has 0 spiro atoms. The van der Waals surface area contributed by atoms with Crippen LogP contribution in [0.25, 0.3) is 0 Å². The number of para-hydroxylation sites is 1. The fourth-order valence-electron chi connectivity index (χ4n) is 1.51. The van der Waals surface area contributed by atoms with Gasteiger partial charge in [0.2, 0.25) is 0 Å². The van der Waals surface area contributed by atoms with E-state index in [1.165, 1.54) is 24.1 Å². The fourth-order valence-corrected chi connectivity index (χ4v) is 1.85. The smallest absolute Gasteiger partial charge is 0.0499 e. The predicted molar refractivity (Wildman–Crippen MR) is 71.9 cm³/mol. The molecule has 0 radical (unpaired) electrons. The van der Waals surface area contributed by atoms with Gasteiger partial charge in [-0.25, -0.2) is 0 Å². The molecule has 0 N–H and O–H groups in total. The van der Waals surface area contributed by atoms with Gasteiger partial charge in [0.05, 0.1) is 0 Å². The summed E-state index contributed by atoms with van der Waals surface area (Å²) in [6.45, 7) is 1.07. The van der Waals surface area contributed by atoms with Crippen molar-refractivity contribution >= 4 is 45.5 Å². The lowest BCUT2D eigenvalue weighted by Gasteiger charge is -2.25. The first-order valence-corrected chi connectivity index (χ1v) is 4.32. The molecule has 0 fully saturated rings. The van der Waals surface area contributed by atoms with Crippen LogP contribution >= 0.6 is 39.8 Å². The summed E-state index contributed by atoms with van der Waals surface area (Å²) in [6.07, 6.45) is 2.42. The standard InChI is InChI=1S/C9H11NS.2H2S/c11-10-7-3-5-8-4-1-2-6-9(8)10;;/h1-2,4,6,11H,3,5,7H2;2*1H2. The van der Waals surface area contributed by atoms with Crippen molar-refractivity contribution in [2.24, 2.45) is 0 Å². The minimum Gasteiger partial charge on any atom is -0.318 e. The lowest BCUT2D eigenvalue weighted by Crippen LogP contribution is -2.19. The molecule has 0 aliphatic carbocycles. The summed E-state index contributed by atoms with van der Waals surface area (Å²) in [5.41, 5.74) is 2.70. The van der Waals surface area contributed by atoms with E-state index < -0.39 is 0 Å². The minimum atomic E-state index is 0. The van der Waals surface area contributed by atoms with Crippen LogP contribution in [0.5, 0.6) is 0 Å². The van der Waals surface area contributed by atoms with Crippen LogP contribution in [0.15, 0.2) is 24.3 Å². The largest absolute Gasteiger partial charge is 0.318 e. The molecule has 4 heteroatoms. The molecule has 0 saturated heterocycles. The maximum atomic E-state index is 4.37. The van der Waals surface area contributed by atoms with Crippen molar-refractivity contribution < 1.29 is 0 Å². The average Bonchev–Trinajstić information content (AvgIpc) is 2.06. The van der Waals surface area contributed by atoms with E-state index in [-0.39, 0.29) is 27.0 Å². The Kier molecular flexibility index (Phi) is 5.76. The van der Waals surface area contributed by atoms with Crippen LogP contribution in [0.1, 0.15) is 12.0 Å². The molecule has 2 rings (SSSR count). The van der Waals surface area contributed by atoms with Crippen LogP contribution in [0.3, 0.4) is 0 Å². The van der Waals surface area contributed by atoms with Crippen LogP contribution in [0.2, 0.25) is 0 Å². The monoisotopic (exact) mass is 233 g/mol. The number of aryl methyl sites for hydroxylation is 1. The van der Waals surface area contributed by atoms with Gasteiger partial charge in [0.1, 0.15) is 0 Å². The third kappa shape index (κ3) is 2.76. The van der Waals surface area contributed by atoms with Gasteiger partial charge in [0.15, 0.2) is 0 Å². The van der Waals surface area contributed by atoms with Crippen molar-refractivity contribution in [1.29, 1.82) is 0 Å². The molecule has 0 bridgehead atoms. The number of thiol groups is 1. The molecular formula is C9H15NS3. The molecule has 0 saturated carbocycles. The number of benzene rings is 1. The molecule has 13 heavy (non-hydrogen) atoms. The maximum absolute atomic E-state index is 4.37. The summed E-state index contributed by atoms with van der Waals surface area (Å²) in [5.74, 6) is 0. The molecule has 1 nitrogen and oxygen atoms in total. The number of fused-ring (bicyclic) bond motifs is 1. The van der Waals surface area contributed by atoms with Gasteiger partial charge < -0.3 is 4.31 Å². The quantitative estimate of drug-likeness (QED) is 0.674. The van der Waals surface area contributed by atoms with Crippen molar-refractivity contribution in [1.82, 2.24) is 0 Å². The number of anilines is 1. The zero-order valence-electron chi connectivity index (χ0n) is 7.33. The van der Waals surface area contributed by atoms with Crippen LogP contribution in [0, 0.1) is 0 Å². The lowest BCUT2D eigenvalue weighted by molar-refractivity contribution is 0.797. The zero-order chi connectivity index (χ0) is 7.68. The molecule has 0 unspecified atom stereocenters. The fraction of sp³-hybridized carbons (Fsp3) is 0.333. The summed E-state index contributed by atoms with van der Waals surface area (Å²) >= 11 is 4.37. The van der Waals surface area contributed by atoms with E-state index in [1.54, 1.807) is 0 Å². The van der Waals surface area contributed by atoms with Gasteiger partial charge in [-0.1, -0.05) is 31.0 Å². The molecule has 1 heterocycles. The van der Waals surface area contributed by atoms with E-state index in [0.717, 1.165) is 6.54 Å². The highest BCUT2D eigenvalue weighted by molar-refractivity contribution is 7.81. The second-order valence-corrected chi connectivity index (χ2v) is 3.34. The van der Waals surface area contributed by atoms with E-state index >= 15 is 0 Å². The number of hydrogen-bond donors (Lipinski definition) is 1. The van der Waals surface area contributed by atoms with Crippen LogP contribution in [0.4, 0.5) is 5.69 Å². The molecular weight excluding hydrogens is 218 g/mol. The Labute approximate surface area is 99.0 Å². The third-order valence-electron chi connectivity index (χ3n) is 2.09. The van der Waals surface area contributed by atoms with Crippen LogP contribution < -0.4 is 4.31 Å². The topological polar surface area (TPSA) is 3.24 Å². The van der Waals surface area contributed by atoms with Gasteiger partial charge in [-0.05, 0) is 24.5 Å². The highest BCUT2D eigenvalue weighted by atomic mass is 32.1. The first kappa shape index (κ1) is 13.1. The number of rotatable bonds is 0. The Bertz CT molecular complexity index is 265. The maximum Gasteiger partial charge on any atom is 0.0499 e. The van der Waals surface area contributed by atoms with Gasteiger partial charge in [-0.15, -0.1) is 0 Å². The zero-order valence-corrected chi connectivity index (χ0v) is 10.2. The summed E-state index contributed by atoms with van der Waals surface area (Å²) in [7, 11) is 0. The summed E-state index contributed by atoms with van der Waals surface area (Å²) < 4.78 is 2.03. The van der Waals surface area contributed by atoms with Crippen molar-refractivity contribution in [2.45, 2.75) is 12.8 Å². The highest BCUT2D eigenvalue weighted by Gasteiger charge is 2.11. The van der Waals surface area contributed by atoms with Gasteiger partial charge in [-0.2, -0.15) is 27.0 Å². The second kappa shape index (κ2) is 5.73. The Hall–Kier alpha value is 0.0700. The van der Waals surface area contributed by atoms with Gasteiger partial charge >= 0.3 is 0 Å². The first-order valence-electron chi connectivity index (χ1n) is 3.92. The van der Waals surface area contributed by atoms with E-state index in [4.69, 9.17) is 0 Å². The third-order valence-corrected chi connectivity index (χ3v) is 2.50. The molecule has 0 amide bonds. The van der Waals surface area contributed by atoms with E-state index in [0.29, 0.717) is 0 Å². The molecule has 1 aliphatic heterocycles. The molecule has 1 aromatic rings. The van der Waals surface area contributed by atoms with Crippen molar-refractivity contribution in [3.05, 3.63) is 29.8 Å². The molecule has 0 aromatic heterocycles. The SMILES string of the molecule is S.S.SN1CCCc2ccccc21. The Morgan fingerprint density at radius 3 is 2.54 bits per heavy atom. The Morgan fingerprint density at radius 1 is 1.15 bits per heavy atom. The molecule has 74 valence electrons. The van der Waals surface area contributed by atoms with E-state index in [1.807, 2.05) is 4.31 Å². The molecule has 0 atom stereocenters. The minimum absolute atomic E-state index is 0. The highest BCUT2D eigenvalue weighted by Crippen LogP contribution is 2.27. The molecule has 1 aromatic carbocycles. The number of hydrogen-bond acceptors (Lipinski definition) is 2. The van der Waals surface area contributed by atoms with E-state index in [2.05, 4.69) is 37.1 Å². The van der Waals surface area contributed by atoms with Crippen molar-refractivity contribution in [3.8, 4) is 0 Å². The predicted octanol–water partition coefficient (Wildman–Crippen LogP) is 2.51. The normalized spacial score (nSPS) is 13.8. The number of nitrogens with zero attached hydrogens (tertiary/aromatic N) is 1. The van der Waals surface area contributed by atoms with Crippen LogP contribution in [-0.2, 0) is 6.42 Å². The van der Waals surface area contributed by atoms with Crippen LogP contribution in [-0.4, -0.2) is 6.54 Å². The van der Waals surface area contributed by atoms with Crippen molar-refractivity contribution in [2.75, 3.05) is 10.8 Å². The molecule has 1 aliphatic rings. The average molecular weight is 233 g/mol. The summed E-state index contributed by atoms with van der Waals surface area (Å²) in [6, 6.07) is 8.46. The van der Waals surface area contributed by atoms with Gasteiger partial charge in [0.25, 0.3) is 0 Å². The summed E-state index contributed by atoms with van der Waals surface area (Å²) in [4.78, 5) is 0. The first-order chi connectivity index (χ1) is 5.38. The lowest BCUT2D eigenvalue weighted by atomic mass is 10.0. The van der Waals surface area contributed by atoms with Gasteiger partial charge in [-0.3, -0.25) is 0 Å².